The topological polar surface area (TPSA) is 18.5 Å². The van der Waals surface area contributed by atoms with E-state index < -0.39 is 9.54 Å². The normalized spacial score (nSPS) is 11.7. The molecule has 0 heterocycles. The van der Waals surface area contributed by atoms with E-state index in [9.17, 15) is 0 Å². The van der Waals surface area contributed by atoms with Gasteiger partial charge in [-0.05, 0) is 34.8 Å². The smallest absolute Gasteiger partial charge is 0.788 e. The molecule has 0 aromatic heterocycles. The van der Waals surface area contributed by atoms with Gasteiger partial charge >= 0.3 is 21.1 Å². The van der Waals surface area contributed by atoms with Crippen LogP contribution in [0.4, 0.5) is 0 Å². The molecule has 2 aromatic carbocycles. The van der Waals surface area contributed by atoms with Gasteiger partial charge in [-0.1, -0.05) is 88.4 Å². The second kappa shape index (κ2) is 16.1. The van der Waals surface area contributed by atoms with Gasteiger partial charge in [0.1, 0.15) is 0 Å². The molecule has 0 aliphatic rings. The quantitative estimate of drug-likeness (QED) is 0.317. The van der Waals surface area contributed by atoms with Gasteiger partial charge in [-0.2, -0.15) is 9.54 Å². The molecule has 0 aliphatic carbocycles. The molecule has 2 rings (SSSR count). The van der Waals surface area contributed by atoms with Crippen LogP contribution in [-0.2, 0) is 93.9 Å². The van der Waals surface area contributed by atoms with E-state index in [1.807, 2.05) is 12.1 Å². The molecule has 0 aliphatic heterocycles. The molecule has 0 radical (unpaired) electrons. The first kappa shape index (κ1) is 31.4. The zero-order valence-electron chi connectivity index (χ0n) is 18.5. The van der Waals surface area contributed by atoms with Crippen molar-refractivity contribution in [3.05, 3.63) is 71.8 Å². The van der Waals surface area contributed by atoms with Gasteiger partial charge in [-0.25, -0.2) is 0 Å². The summed E-state index contributed by atoms with van der Waals surface area (Å²) in [5.41, 5.74) is 2.79. The van der Waals surface area contributed by atoms with Gasteiger partial charge < -0.3 is 60.0 Å². The summed E-state index contributed by atoms with van der Waals surface area (Å²) >= 11 is 19.2. The Labute approximate surface area is 225 Å². The van der Waals surface area contributed by atoms with Crippen LogP contribution in [0.15, 0.2) is 60.7 Å². The number of hydrogen-bond acceptors (Lipinski definition) is 6. The standard InChI is InChI=1S/2C12H18OS2.Pt/c2*1-12(2,9-13-11(14)15)8-10-6-4-3-5-7-10;/h2*3-7,11,14-15H,8-9H2,1-2H3;/q;;+4/p-4. The summed E-state index contributed by atoms with van der Waals surface area (Å²) in [4.78, 5) is 0. The van der Waals surface area contributed by atoms with Crippen LogP contribution in [0.2, 0.25) is 0 Å². The minimum atomic E-state index is -0.514. The zero-order valence-corrected chi connectivity index (χ0v) is 24.1. The van der Waals surface area contributed by atoms with Gasteiger partial charge in [0.05, 0.1) is 0 Å². The van der Waals surface area contributed by atoms with Crippen molar-refractivity contribution >= 4 is 50.5 Å². The molecule has 0 atom stereocenters. The Kier molecular flexibility index (Phi) is 16.4. The first-order valence-electron chi connectivity index (χ1n) is 9.93. The van der Waals surface area contributed by atoms with E-state index in [4.69, 9.17) is 60.0 Å². The van der Waals surface area contributed by atoms with Crippen molar-refractivity contribution in [2.75, 3.05) is 13.2 Å². The zero-order chi connectivity index (χ0) is 22.6. The van der Waals surface area contributed by atoms with Crippen LogP contribution in [0.5, 0.6) is 0 Å². The molecular formula is C24H32O2PtS4. The van der Waals surface area contributed by atoms with Gasteiger partial charge in [0, 0.05) is 13.2 Å². The third-order valence-electron chi connectivity index (χ3n) is 4.27. The van der Waals surface area contributed by atoms with E-state index >= 15 is 0 Å². The number of rotatable bonds is 10. The van der Waals surface area contributed by atoms with Gasteiger partial charge in [-0.15, -0.1) is 0 Å². The average molecular weight is 676 g/mol. The fraction of sp³-hybridized carbons (Fsp3) is 0.500. The number of benzene rings is 2. The minimum absolute atomic E-state index is 0. The molecule has 174 valence electrons. The first-order valence-corrected chi connectivity index (χ1v) is 11.8. The van der Waals surface area contributed by atoms with Crippen LogP contribution in [0, 0.1) is 10.8 Å². The van der Waals surface area contributed by atoms with Crippen molar-refractivity contribution in [1.82, 2.24) is 0 Å². The Morgan fingerprint density at radius 1 is 0.613 bits per heavy atom. The van der Waals surface area contributed by atoms with Crippen LogP contribution in [0.3, 0.4) is 0 Å². The van der Waals surface area contributed by atoms with Crippen molar-refractivity contribution in [2.45, 2.75) is 50.1 Å². The first-order chi connectivity index (χ1) is 14.0. The van der Waals surface area contributed by atoms with E-state index in [2.05, 4.69) is 76.2 Å². The number of ether oxygens (including phenoxy) is 2. The second-order valence-corrected chi connectivity index (χ2v) is 11.2. The van der Waals surface area contributed by atoms with Crippen molar-refractivity contribution in [3.8, 4) is 0 Å². The largest absolute Gasteiger partial charge is 4.00 e. The molecule has 0 spiro atoms. The van der Waals surface area contributed by atoms with Gasteiger partial charge in [0.15, 0.2) is 0 Å². The van der Waals surface area contributed by atoms with Crippen LogP contribution >= 0.6 is 0 Å². The van der Waals surface area contributed by atoms with Crippen molar-refractivity contribution in [1.29, 1.82) is 0 Å². The molecule has 0 N–H and O–H groups in total. The molecule has 0 saturated heterocycles. The second-order valence-electron chi connectivity index (χ2n) is 8.85. The summed E-state index contributed by atoms with van der Waals surface area (Å²) in [6.07, 6.45) is 1.95. The van der Waals surface area contributed by atoms with Crippen LogP contribution in [0.25, 0.3) is 0 Å². The Hall–Kier alpha value is 0.448. The average Bonchev–Trinajstić information content (AvgIpc) is 2.67. The summed E-state index contributed by atoms with van der Waals surface area (Å²) in [5.74, 6) is 0. The van der Waals surface area contributed by atoms with Crippen LogP contribution in [0.1, 0.15) is 38.8 Å². The third-order valence-corrected chi connectivity index (χ3v) is 4.82. The van der Waals surface area contributed by atoms with Crippen molar-refractivity contribution < 1.29 is 30.5 Å². The summed E-state index contributed by atoms with van der Waals surface area (Å²) in [5, 5.41) is 0. The minimum Gasteiger partial charge on any atom is -0.788 e. The maximum atomic E-state index is 5.31. The maximum absolute atomic E-state index is 5.31. The molecule has 2 nitrogen and oxygen atoms in total. The van der Waals surface area contributed by atoms with Crippen LogP contribution < -0.4 is 0 Å². The van der Waals surface area contributed by atoms with E-state index in [-0.39, 0.29) is 31.9 Å². The molecule has 0 unspecified atom stereocenters. The fourth-order valence-electron chi connectivity index (χ4n) is 2.99. The molecule has 0 amide bonds. The van der Waals surface area contributed by atoms with E-state index in [1.54, 1.807) is 0 Å². The van der Waals surface area contributed by atoms with Crippen molar-refractivity contribution in [2.24, 2.45) is 10.8 Å². The summed E-state index contributed by atoms with van der Waals surface area (Å²) in [7, 11) is 0. The monoisotopic (exact) mass is 675 g/mol. The Morgan fingerprint density at radius 2 is 0.903 bits per heavy atom. The molecule has 0 fully saturated rings. The SMILES string of the molecule is CC(C)(COC([S-])[S-])Cc1ccccc1.CC(C)(COC([S-])[S-])Cc1ccccc1.[Pt+4]. The van der Waals surface area contributed by atoms with Crippen molar-refractivity contribution in [3.63, 3.8) is 0 Å². The predicted molar refractivity (Wildman–Crippen MR) is 137 cm³/mol. The molecule has 7 heteroatoms. The Morgan fingerprint density at radius 3 is 1.16 bits per heavy atom. The molecule has 31 heavy (non-hydrogen) atoms. The van der Waals surface area contributed by atoms with Gasteiger partial charge in [0.25, 0.3) is 0 Å². The van der Waals surface area contributed by atoms with Gasteiger partial charge in [-0.3, -0.25) is 0 Å². The molecule has 0 saturated carbocycles. The molecule has 0 bridgehead atoms. The van der Waals surface area contributed by atoms with E-state index in [1.165, 1.54) is 11.1 Å². The molecular weight excluding hydrogens is 644 g/mol. The Balaban J connectivity index is 0.000000562. The Bertz CT molecular complexity index is 634. The predicted octanol–water partition coefficient (Wildman–Crippen LogP) is 5.30. The van der Waals surface area contributed by atoms with Crippen LogP contribution in [-0.4, -0.2) is 22.7 Å². The third kappa shape index (κ3) is 16.7. The summed E-state index contributed by atoms with van der Waals surface area (Å²) < 4.78 is 9.59. The summed E-state index contributed by atoms with van der Waals surface area (Å²) in [6.45, 7) is 9.86. The van der Waals surface area contributed by atoms with E-state index in [0.29, 0.717) is 13.2 Å². The maximum Gasteiger partial charge on any atom is 4.00 e. The molecule has 2 aromatic rings. The summed E-state index contributed by atoms with van der Waals surface area (Å²) in [6, 6.07) is 20.8. The number of hydrogen-bond donors (Lipinski definition) is 0. The fourth-order valence-corrected chi connectivity index (χ4v) is 3.26. The van der Waals surface area contributed by atoms with Gasteiger partial charge in [0.2, 0.25) is 0 Å². The van der Waals surface area contributed by atoms with E-state index in [0.717, 1.165) is 12.8 Å².